The monoisotopic (exact) mass is 460 g/mol. The van der Waals surface area contributed by atoms with Crippen molar-refractivity contribution >= 4 is 17.8 Å². The quantitative estimate of drug-likeness (QED) is 0.337. The number of carbonyl (C=O) groups excluding carboxylic acids is 3. The van der Waals surface area contributed by atoms with Crippen molar-refractivity contribution in [2.24, 2.45) is 11.8 Å². The first kappa shape index (κ1) is 24.0. The van der Waals surface area contributed by atoms with Gasteiger partial charge in [-0.2, -0.15) is 0 Å². The molecule has 6 atom stereocenters. The lowest BCUT2D eigenvalue weighted by Gasteiger charge is -2.38. The zero-order valence-corrected chi connectivity index (χ0v) is 19.9. The van der Waals surface area contributed by atoms with Gasteiger partial charge >= 0.3 is 5.97 Å². The molecule has 0 aromatic rings. The van der Waals surface area contributed by atoms with E-state index in [4.69, 9.17) is 14.6 Å². The molecular weight excluding hydrogens is 424 g/mol. The molecule has 4 aliphatic heterocycles. The Bertz CT molecular complexity index is 856. The van der Waals surface area contributed by atoms with Gasteiger partial charge < -0.3 is 24.4 Å². The summed E-state index contributed by atoms with van der Waals surface area (Å²) < 4.78 is 12.0. The maximum Gasteiger partial charge on any atom is 0.313 e. The molecule has 0 aliphatic carbocycles. The van der Waals surface area contributed by atoms with Crippen LogP contribution in [0.15, 0.2) is 24.3 Å². The molecule has 8 nitrogen and oxygen atoms in total. The number of amides is 2. The van der Waals surface area contributed by atoms with Crippen LogP contribution >= 0.6 is 0 Å². The number of aliphatic hydroxyl groups is 1. The SMILES string of the molecule is CCCC(C)N1CC=C[C@]23O[C@@]4(C)C=CCOC(=O)[C@H]4[C@H]2C(=O)N(CCCCCO)C3C1=O. The third-order valence-electron chi connectivity index (χ3n) is 7.64. The third kappa shape index (κ3) is 3.81. The molecule has 2 fully saturated rings. The van der Waals surface area contributed by atoms with Gasteiger partial charge in [0.15, 0.2) is 0 Å². The molecule has 0 bridgehead atoms. The summed E-state index contributed by atoms with van der Waals surface area (Å²) in [7, 11) is 0. The molecule has 0 aromatic heterocycles. The largest absolute Gasteiger partial charge is 0.461 e. The maximum atomic E-state index is 14.0. The van der Waals surface area contributed by atoms with Crippen LogP contribution in [0.3, 0.4) is 0 Å². The number of carbonyl (C=O) groups is 3. The minimum Gasteiger partial charge on any atom is -0.461 e. The molecule has 8 heteroatoms. The van der Waals surface area contributed by atoms with Gasteiger partial charge in [-0.3, -0.25) is 14.4 Å². The first-order valence-corrected chi connectivity index (χ1v) is 12.2. The Labute approximate surface area is 195 Å². The molecule has 2 saturated heterocycles. The van der Waals surface area contributed by atoms with Crippen LogP contribution < -0.4 is 0 Å². The van der Waals surface area contributed by atoms with Crippen LogP contribution in [0.4, 0.5) is 0 Å². The fourth-order valence-electron chi connectivity index (χ4n) is 6.15. The zero-order valence-electron chi connectivity index (χ0n) is 19.9. The predicted molar refractivity (Wildman–Crippen MR) is 121 cm³/mol. The van der Waals surface area contributed by atoms with Crippen LogP contribution in [0, 0.1) is 11.8 Å². The highest BCUT2D eigenvalue weighted by Crippen LogP contribution is 2.57. The molecule has 0 radical (unpaired) electrons. The van der Waals surface area contributed by atoms with Crippen molar-refractivity contribution in [2.45, 2.75) is 76.2 Å². The van der Waals surface area contributed by atoms with E-state index in [-0.39, 0.29) is 31.1 Å². The summed E-state index contributed by atoms with van der Waals surface area (Å²) in [6.07, 6.45) is 11.2. The van der Waals surface area contributed by atoms with E-state index in [9.17, 15) is 14.4 Å². The number of unbranched alkanes of at least 4 members (excludes halogenated alkanes) is 2. The molecule has 0 aromatic carbocycles. The Hall–Kier alpha value is -2.19. The number of hydrogen-bond donors (Lipinski definition) is 1. The van der Waals surface area contributed by atoms with Crippen molar-refractivity contribution in [3.63, 3.8) is 0 Å². The first-order chi connectivity index (χ1) is 15.8. The first-order valence-electron chi connectivity index (χ1n) is 12.2. The van der Waals surface area contributed by atoms with Crippen LogP contribution in [0.25, 0.3) is 0 Å². The Kier molecular flexibility index (Phi) is 6.69. The van der Waals surface area contributed by atoms with Crippen molar-refractivity contribution in [1.82, 2.24) is 9.80 Å². The topological polar surface area (TPSA) is 96.4 Å². The Morgan fingerprint density at radius 3 is 2.64 bits per heavy atom. The Morgan fingerprint density at radius 2 is 1.91 bits per heavy atom. The van der Waals surface area contributed by atoms with E-state index in [2.05, 4.69) is 6.92 Å². The van der Waals surface area contributed by atoms with Gasteiger partial charge in [-0.05, 0) is 45.6 Å². The highest BCUT2D eigenvalue weighted by atomic mass is 16.6. The number of likely N-dealkylation sites (tertiary alicyclic amines) is 1. The molecule has 1 spiro atoms. The number of cyclic esters (lactones) is 1. The Balaban J connectivity index is 1.77. The average molecular weight is 461 g/mol. The van der Waals surface area contributed by atoms with Crippen LogP contribution in [0.5, 0.6) is 0 Å². The lowest BCUT2D eigenvalue weighted by molar-refractivity contribution is -0.158. The second-order valence-electron chi connectivity index (χ2n) is 9.88. The summed E-state index contributed by atoms with van der Waals surface area (Å²) in [5.74, 6) is -2.45. The third-order valence-corrected chi connectivity index (χ3v) is 7.64. The maximum absolute atomic E-state index is 14.0. The summed E-state index contributed by atoms with van der Waals surface area (Å²) in [5, 5.41) is 9.14. The number of esters is 1. The predicted octanol–water partition coefficient (Wildman–Crippen LogP) is 1.82. The smallest absolute Gasteiger partial charge is 0.313 e. The molecule has 4 heterocycles. The van der Waals surface area contributed by atoms with E-state index in [0.29, 0.717) is 25.9 Å². The molecule has 4 aliphatic rings. The van der Waals surface area contributed by atoms with E-state index in [1.165, 1.54) is 0 Å². The summed E-state index contributed by atoms with van der Waals surface area (Å²) in [5.41, 5.74) is -2.24. The molecule has 33 heavy (non-hydrogen) atoms. The van der Waals surface area contributed by atoms with Gasteiger partial charge in [0.1, 0.15) is 24.2 Å². The Morgan fingerprint density at radius 1 is 1.12 bits per heavy atom. The average Bonchev–Trinajstić information content (AvgIpc) is 3.02. The molecule has 2 unspecified atom stereocenters. The minimum absolute atomic E-state index is 0.0278. The highest BCUT2D eigenvalue weighted by Gasteiger charge is 2.74. The molecule has 1 N–H and O–H groups in total. The number of rotatable bonds is 8. The zero-order chi connectivity index (χ0) is 23.8. The van der Waals surface area contributed by atoms with E-state index >= 15 is 0 Å². The summed E-state index contributed by atoms with van der Waals surface area (Å²) >= 11 is 0. The highest BCUT2D eigenvalue weighted by molar-refractivity contribution is 5.99. The fraction of sp³-hybridized carbons (Fsp3) is 0.720. The number of ether oxygens (including phenoxy) is 2. The van der Waals surface area contributed by atoms with Crippen molar-refractivity contribution in [3.05, 3.63) is 24.3 Å². The van der Waals surface area contributed by atoms with Gasteiger partial charge in [0.25, 0.3) is 0 Å². The normalized spacial score (nSPS) is 36.2. The van der Waals surface area contributed by atoms with Gasteiger partial charge in [0.05, 0.1) is 11.5 Å². The number of fused-ring (bicyclic) bond motifs is 2. The van der Waals surface area contributed by atoms with Crippen molar-refractivity contribution < 1.29 is 29.0 Å². The molecule has 4 rings (SSSR count). The van der Waals surface area contributed by atoms with Gasteiger partial charge in [-0.1, -0.05) is 31.6 Å². The van der Waals surface area contributed by atoms with Crippen LogP contribution in [0.1, 0.15) is 52.9 Å². The van der Waals surface area contributed by atoms with Crippen LogP contribution in [-0.2, 0) is 23.9 Å². The van der Waals surface area contributed by atoms with Gasteiger partial charge in [0.2, 0.25) is 11.8 Å². The number of hydrogen-bond acceptors (Lipinski definition) is 6. The van der Waals surface area contributed by atoms with Crippen molar-refractivity contribution in [2.75, 3.05) is 26.3 Å². The van der Waals surface area contributed by atoms with Gasteiger partial charge in [0, 0.05) is 25.7 Å². The van der Waals surface area contributed by atoms with Crippen LogP contribution in [-0.4, -0.2) is 82.3 Å². The lowest BCUT2D eigenvalue weighted by Crippen LogP contribution is -2.57. The summed E-state index contributed by atoms with van der Waals surface area (Å²) in [4.78, 5) is 44.4. The molecule has 182 valence electrons. The van der Waals surface area contributed by atoms with E-state index < -0.39 is 35.0 Å². The molecule has 2 amide bonds. The number of aliphatic hydroxyl groups excluding tert-OH is 1. The number of nitrogens with zero attached hydrogens (tertiary/aromatic N) is 2. The lowest BCUT2D eigenvalue weighted by atomic mass is 9.74. The molecule has 0 saturated carbocycles. The standard InChI is InChI=1S/C25H36N2O6/c1-4-10-17(2)26-14-8-12-25-18(19-23(31)32-16-9-11-24(19,3)33-25)21(29)27(20(25)22(26)30)13-6-5-7-15-28/h8-9,11-12,17-20,28H,4-7,10,13-16H2,1-3H3/t17?,18-,19+,20?,24-,25-/m0/s1. The minimum atomic E-state index is -1.22. The molecular formula is C25H36N2O6. The van der Waals surface area contributed by atoms with E-state index in [0.717, 1.165) is 19.3 Å². The van der Waals surface area contributed by atoms with Crippen molar-refractivity contribution in [1.29, 1.82) is 0 Å². The second-order valence-corrected chi connectivity index (χ2v) is 9.88. The van der Waals surface area contributed by atoms with Crippen LogP contribution in [0.2, 0.25) is 0 Å². The van der Waals surface area contributed by atoms with E-state index in [1.54, 1.807) is 11.0 Å². The fourth-order valence-corrected chi connectivity index (χ4v) is 6.15. The second kappa shape index (κ2) is 9.22. The van der Waals surface area contributed by atoms with Gasteiger partial charge in [-0.15, -0.1) is 0 Å². The summed E-state index contributed by atoms with van der Waals surface area (Å²) in [6.45, 7) is 7.00. The van der Waals surface area contributed by atoms with Gasteiger partial charge in [-0.25, -0.2) is 0 Å². The summed E-state index contributed by atoms with van der Waals surface area (Å²) in [6, 6.07) is -0.799. The van der Waals surface area contributed by atoms with Crippen molar-refractivity contribution in [3.8, 4) is 0 Å². The van der Waals surface area contributed by atoms with E-state index in [1.807, 2.05) is 37.0 Å².